The lowest BCUT2D eigenvalue weighted by Crippen LogP contribution is -2.54. The topological polar surface area (TPSA) is 61.8 Å². The van der Waals surface area contributed by atoms with Gasteiger partial charge in [-0.1, -0.05) is 0 Å². The second kappa shape index (κ2) is 5.50. The number of aliphatic hydroxyl groups excluding tert-OH is 1. The number of piperazine rings is 1. The molecule has 1 heterocycles. The molecule has 0 spiro atoms. The molecule has 1 rings (SSSR count). The van der Waals surface area contributed by atoms with Crippen LogP contribution in [0.2, 0.25) is 0 Å². The molecule has 16 heavy (non-hydrogen) atoms. The molecule has 0 radical (unpaired) electrons. The lowest BCUT2D eigenvalue weighted by Gasteiger charge is -2.36. The van der Waals surface area contributed by atoms with Gasteiger partial charge in [0.05, 0.1) is 0 Å². The molecule has 1 unspecified atom stereocenters. The number of carbonyl (C=O) groups excluding carboxylic acids is 1. The van der Waals surface area contributed by atoms with Crippen LogP contribution in [0.4, 0.5) is 4.79 Å². The van der Waals surface area contributed by atoms with Crippen LogP contribution in [0.15, 0.2) is 0 Å². The van der Waals surface area contributed by atoms with Crippen LogP contribution in [0.25, 0.3) is 0 Å². The third-order valence-corrected chi connectivity index (χ3v) is 2.44. The van der Waals surface area contributed by atoms with Crippen LogP contribution in [0, 0.1) is 0 Å². The van der Waals surface area contributed by atoms with E-state index in [0.29, 0.717) is 13.0 Å². The van der Waals surface area contributed by atoms with E-state index < -0.39 is 5.60 Å². The summed E-state index contributed by atoms with van der Waals surface area (Å²) < 4.78 is 5.33. The van der Waals surface area contributed by atoms with E-state index in [2.05, 4.69) is 5.32 Å². The van der Waals surface area contributed by atoms with E-state index in [1.165, 1.54) is 0 Å². The standard InChI is InChI=1S/C11H22N2O3/c1-11(2,3)16-10(15)13-6-5-12-8-9(13)4-7-14/h9,12,14H,4-8H2,1-3H3. The molecule has 1 aliphatic heterocycles. The molecule has 1 atom stereocenters. The Morgan fingerprint density at radius 3 is 2.81 bits per heavy atom. The summed E-state index contributed by atoms with van der Waals surface area (Å²) in [5.41, 5.74) is -0.467. The Bertz CT molecular complexity index is 236. The van der Waals surface area contributed by atoms with E-state index in [1.807, 2.05) is 20.8 Å². The van der Waals surface area contributed by atoms with Crippen LogP contribution in [-0.2, 0) is 4.74 Å². The minimum Gasteiger partial charge on any atom is -0.444 e. The number of rotatable bonds is 2. The van der Waals surface area contributed by atoms with Gasteiger partial charge in [-0.2, -0.15) is 0 Å². The van der Waals surface area contributed by atoms with E-state index in [9.17, 15) is 4.79 Å². The predicted molar refractivity (Wildman–Crippen MR) is 61.3 cm³/mol. The zero-order chi connectivity index (χ0) is 12.2. The molecule has 5 heteroatoms. The van der Waals surface area contributed by atoms with Gasteiger partial charge in [0.15, 0.2) is 0 Å². The van der Waals surface area contributed by atoms with Crippen molar-refractivity contribution in [1.82, 2.24) is 10.2 Å². The van der Waals surface area contributed by atoms with Gasteiger partial charge in [0, 0.05) is 32.3 Å². The van der Waals surface area contributed by atoms with E-state index in [1.54, 1.807) is 4.90 Å². The van der Waals surface area contributed by atoms with Crippen molar-refractivity contribution in [3.05, 3.63) is 0 Å². The van der Waals surface area contributed by atoms with Gasteiger partial charge < -0.3 is 20.1 Å². The predicted octanol–water partition coefficient (Wildman–Crippen LogP) is 0.578. The number of ether oxygens (including phenoxy) is 1. The van der Waals surface area contributed by atoms with Crippen LogP contribution in [0.3, 0.4) is 0 Å². The van der Waals surface area contributed by atoms with Crippen LogP contribution < -0.4 is 5.32 Å². The van der Waals surface area contributed by atoms with Gasteiger partial charge in [-0.15, -0.1) is 0 Å². The zero-order valence-corrected chi connectivity index (χ0v) is 10.3. The van der Waals surface area contributed by atoms with Gasteiger partial charge in [-0.3, -0.25) is 0 Å². The Labute approximate surface area is 96.8 Å². The molecular weight excluding hydrogens is 208 g/mol. The summed E-state index contributed by atoms with van der Waals surface area (Å²) in [4.78, 5) is 13.6. The number of hydrogen-bond donors (Lipinski definition) is 2. The maximum absolute atomic E-state index is 11.9. The van der Waals surface area contributed by atoms with Gasteiger partial charge in [-0.25, -0.2) is 4.79 Å². The Morgan fingerprint density at radius 2 is 2.25 bits per heavy atom. The van der Waals surface area contributed by atoms with Gasteiger partial charge in [-0.05, 0) is 27.2 Å². The second-order valence-corrected chi connectivity index (χ2v) is 5.04. The smallest absolute Gasteiger partial charge is 0.410 e. The highest BCUT2D eigenvalue weighted by molar-refractivity contribution is 5.68. The lowest BCUT2D eigenvalue weighted by atomic mass is 10.1. The van der Waals surface area contributed by atoms with Crippen molar-refractivity contribution in [3.8, 4) is 0 Å². The maximum Gasteiger partial charge on any atom is 0.410 e. The molecule has 0 bridgehead atoms. The third-order valence-electron chi connectivity index (χ3n) is 2.44. The van der Waals surface area contributed by atoms with E-state index >= 15 is 0 Å². The molecule has 1 fully saturated rings. The first-order valence-corrected chi connectivity index (χ1v) is 5.75. The zero-order valence-electron chi connectivity index (χ0n) is 10.3. The molecule has 1 saturated heterocycles. The Kier molecular flexibility index (Phi) is 4.56. The minimum atomic E-state index is -0.467. The summed E-state index contributed by atoms with van der Waals surface area (Å²) in [6.07, 6.45) is 0.305. The summed E-state index contributed by atoms with van der Waals surface area (Å²) in [6.45, 7) is 7.79. The highest BCUT2D eigenvalue weighted by Crippen LogP contribution is 2.14. The number of amides is 1. The Morgan fingerprint density at radius 1 is 1.56 bits per heavy atom. The SMILES string of the molecule is CC(C)(C)OC(=O)N1CCNCC1CCO. The molecule has 5 nitrogen and oxygen atoms in total. The summed E-state index contributed by atoms with van der Waals surface area (Å²) in [6, 6.07) is 0.0357. The number of nitrogens with one attached hydrogen (secondary N) is 1. The molecule has 1 amide bonds. The minimum absolute atomic E-state index is 0.0357. The van der Waals surface area contributed by atoms with Gasteiger partial charge in [0.1, 0.15) is 5.60 Å². The number of carbonyl (C=O) groups is 1. The number of hydrogen-bond acceptors (Lipinski definition) is 4. The van der Waals surface area contributed by atoms with Crippen molar-refractivity contribution in [3.63, 3.8) is 0 Å². The van der Waals surface area contributed by atoms with Crippen molar-refractivity contribution in [2.45, 2.75) is 38.8 Å². The average molecular weight is 230 g/mol. The van der Waals surface area contributed by atoms with Gasteiger partial charge in [0.25, 0.3) is 0 Å². The van der Waals surface area contributed by atoms with Crippen LogP contribution in [0.1, 0.15) is 27.2 Å². The van der Waals surface area contributed by atoms with E-state index in [4.69, 9.17) is 9.84 Å². The highest BCUT2D eigenvalue weighted by Gasteiger charge is 2.29. The average Bonchev–Trinajstić information content (AvgIpc) is 2.16. The molecule has 94 valence electrons. The first-order valence-electron chi connectivity index (χ1n) is 5.75. The summed E-state index contributed by atoms with van der Waals surface area (Å²) >= 11 is 0. The second-order valence-electron chi connectivity index (χ2n) is 5.04. The summed E-state index contributed by atoms with van der Waals surface area (Å²) in [5.74, 6) is 0. The normalized spacial score (nSPS) is 22.0. The van der Waals surface area contributed by atoms with E-state index in [-0.39, 0.29) is 18.7 Å². The molecule has 0 aromatic carbocycles. The first-order chi connectivity index (χ1) is 7.44. The summed E-state index contributed by atoms with van der Waals surface area (Å²) in [7, 11) is 0. The molecular formula is C11H22N2O3. The fraction of sp³-hybridized carbons (Fsp3) is 0.909. The highest BCUT2D eigenvalue weighted by atomic mass is 16.6. The first kappa shape index (κ1) is 13.3. The van der Waals surface area contributed by atoms with Crippen LogP contribution >= 0.6 is 0 Å². The number of aliphatic hydroxyl groups is 1. The number of nitrogens with zero attached hydrogens (tertiary/aromatic N) is 1. The van der Waals surface area contributed by atoms with Crippen LogP contribution in [-0.4, -0.2) is 54.0 Å². The monoisotopic (exact) mass is 230 g/mol. The van der Waals surface area contributed by atoms with E-state index in [0.717, 1.165) is 13.1 Å². The molecule has 1 aliphatic rings. The van der Waals surface area contributed by atoms with Crippen molar-refractivity contribution in [2.24, 2.45) is 0 Å². The fourth-order valence-corrected chi connectivity index (χ4v) is 1.73. The van der Waals surface area contributed by atoms with Crippen LogP contribution in [0.5, 0.6) is 0 Å². The van der Waals surface area contributed by atoms with Gasteiger partial charge >= 0.3 is 6.09 Å². The Balaban J connectivity index is 2.57. The lowest BCUT2D eigenvalue weighted by molar-refractivity contribution is 0.00950. The molecule has 0 aliphatic carbocycles. The van der Waals surface area contributed by atoms with Crippen molar-refractivity contribution in [2.75, 3.05) is 26.2 Å². The van der Waals surface area contributed by atoms with Crippen molar-refractivity contribution >= 4 is 6.09 Å². The fourth-order valence-electron chi connectivity index (χ4n) is 1.73. The quantitative estimate of drug-likeness (QED) is 0.728. The molecule has 0 aromatic heterocycles. The van der Waals surface area contributed by atoms with Gasteiger partial charge in [0.2, 0.25) is 0 Å². The third kappa shape index (κ3) is 3.98. The molecule has 0 saturated carbocycles. The summed E-state index contributed by atoms with van der Waals surface area (Å²) in [5, 5.41) is 12.2. The largest absolute Gasteiger partial charge is 0.444 e. The Hall–Kier alpha value is -0.810. The molecule has 0 aromatic rings. The van der Waals surface area contributed by atoms with Crippen molar-refractivity contribution in [1.29, 1.82) is 0 Å². The molecule has 2 N–H and O–H groups in total. The van der Waals surface area contributed by atoms with Crippen molar-refractivity contribution < 1.29 is 14.6 Å². The maximum atomic E-state index is 11.9.